The van der Waals surface area contributed by atoms with Gasteiger partial charge in [-0.1, -0.05) is 0 Å². The van der Waals surface area contributed by atoms with Gasteiger partial charge in [-0.25, -0.2) is 9.18 Å². The summed E-state index contributed by atoms with van der Waals surface area (Å²) in [6.07, 6.45) is -0.813. The van der Waals surface area contributed by atoms with E-state index in [2.05, 4.69) is 5.32 Å². The number of nitro benzene ring substituents is 1. The molecule has 8 nitrogen and oxygen atoms in total. The molecule has 1 amide bonds. The first kappa shape index (κ1) is 20.2. The zero-order valence-electron chi connectivity index (χ0n) is 16.2. The maximum Gasteiger partial charge on any atom is 0.412 e. The molecule has 1 heterocycles. The van der Waals surface area contributed by atoms with Crippen molar-refractivity contribution in [2.45, 2.75) is 32.9 Å². The Bertz CT molecular complexity index is 983. The van der Waals surface area contributed by atoms with Gasteiger partial charge in [-0.15, -0.1) is 0 Å². The number of non-ortho nitro benzene ring substituents is 1. The normalized spacial score (nSPS) is 13.7. The molecular weight excluding hydrogens is 381 g/mol. The predicted octanol–water partition coefficient (Wildman–Crippen LogP) is 4.28. The summed E-state index contributed by atoms with van der Waals surface area (Å²) in [5.41, 5.74) is 0.473. The van der Waals surface area contributed by atoms with E-state index < -0.39 is 22.4 Å². The minimum atomic E-state index is -0.813. The Morgan fingerprint density at radius 2 is 1.86 bits per heavy atom. The van der Waals surface area contributed by atoms with Crippen LogP contribution in [0.15, 0.2) is 36.4 Å². The maximum absolute atomic E-state index is 14.5. The number of nitrogens with one attached hydrogen (secondary N) is 1. The third-order valence-electron chi connectivity index (χ3n) is 4.25. The second-order valence-electron chi connectivity index (χ2n) is 7.67. The van der Waals surface area contributed by atoms with Crippen molar-refractivity contribution >= 4 is 28.9 Å². The van der Waals surface area contributed by atoms with Crippen LogP contribution in [0.1, 0.15) is 36.7 Å². The summed E-state index contributed by atoms with van der Waals surface area (Å²) in [7, 11) is 0. The fourth-order valence-corrected chi connectivity index (χ4v) is 3.00. The van der Waals surface area contributed by atoms with E-state index in [-0.39, 0.29) is 30.2 Å². The molecule has 0 aromatic heterocycles. The molecule has 0 unspecified atom stereocenters. The lowest BCUT2D eigenvalue weighted by molar-refractivity contribution is -0.384. The molecule has 2 aromatic carbocycles. The summed E-state index contributed by atoms with van der Waals surface area (Å²) >= 11 is 0. The lowest BCUT2D eigenvalue weighted by Crippen LogP contribution is -2.35. The number of benzene rings is 2. The minimum absolute atomic E-state index is 0.0301. The number of rotatable bonds is 3. The number of ketones is 1. The molecule has 3 rings (SSSR count). The van der Waals surface area contributed by atoms with Gasteiger partial charge in [-0.3, -0.25) is 20.2 Å². The molecule has 0 bridgehead atoms. The molecule has 0 spiro atoms. The van der Waals surface area contributed by atoms with Crippen LogP contribution in [-0.2, 0) is 11.3 Å². The molecule has 1 aliphatic rings. The summed E-state index contributed by atoms with van der Waals surface area (Å²) in [6, 6.07) is 8.31. The van der Waals surface area contributed by atoms with E-state index in [9.17, 15) is 24.1 Å². The Hall–Kier alpha value is -3.49. The van der Waals surface area contributed by atoms with Crippen LogP contribution in [-0.4, -0.2) is 28.9 Å². The molecule has 29 heavy (non-hydrogen) atoms. The number of carbonyl (C=O) groups excluding carboxylic acids is 2. The molecular formula is C20H20FN3O5. The Kier molecular flexibility index (Phi) is 5.23. The van der Waals surface area contributed by atoms with Crippen LogP contribution >= 0.6 is 0 Å². The van der Waals surface area contributed by atoms with E-state index in [0.29, 0.717) is 16.8 Å². The number of carbonyl (C=O) groups is 2. The van der Waals surface area contributed by atoms with Gasteiger partial charge < -0.3 is 9.64 Å². The van der Waals surface area contributed by atoms with Crippen molar-refractivity contribution in [3.05, 3.63) is 63.5 Å². The number of nitro groups is 1. The third kappa shape index (κ3) is 4.68. The van der Waals surface area contributed by atoms with Gasteiger partial charge in [0.15, 0.2) is 5.78 Å². The minimum Gasteiger partial charge on any atom is -0.444 e. The zero-order chi connectivity index (χ0) is 21.3. The summed E-state index contributed by atoms with van der Waals surface area (Å²) in [6.45, 7) is 5.34. The highest BCUT2D eigenvalue weighted by Crippen LogP contribution is 2.29. The largest absolute Gasteiger partial charge is 0.444 e. The average Bonchev–Trinajstić information content (AvgIpc) is 2.61. The highest BCUT2D eigenvalue weighted by atomic mass is 19.1. The van der Waals surface area contributed by atoms with Gasteiger partial charge in [-0.05, 0) is 50.6 Å². The Labute approximate surface area is 166 Å². The van der Waals surface area contributed by atoms with Crippen molar-refractivity contribution in [3.63, 3.8) is 0 Å². The zero-order valence-corrected chi connectivity index (χ0v) is 16.2. The lowest BCUT2D eigenvalue weighted by Gasteiger charge is -2.30. The van der Waals surface area contributed by atoms with Gasteiger partial charge in [0.2, 0.25) is 0 Å². The van der Waals surface area contributed by atoms with Crippen LogP contribution < -0.4 is 10.2 Å². The number of hydrogen-bond donors (Lipinski definition) is 1. The molecule has 9 heteroatoms. The van der Waals surface area contributed by atoms with Crippen molar-refractivity contribution < 1.29 is 23.6 Å². The maximum atomic E-state index is 14.5. The van der Waals surface area contributed by atoms with Crippen molar-refractivity contribution in [1.29, 1.82) is 0 Å². The first-order valence-corrected chi connectivity index (χ1v) is 8.88. The number of nitrogens with zero attached hydrogens (tertiary/aromatic N) is 2. The van der Waals surface area contributed by atoms with Crippen LogP contribution in [0, 0.1) is 15.9 Å². The van der Waals surface area contributed by atoms with E-state index in [0.717, 1.165) is 0 Å². The number of anilines is 2. The van der Waals surface area contributed by atoms with Crippen molar-refractivity contribution in [1.82, 2.24) is 0 Å². The molecule has 152 valence electrons. The molecule has 2 aromatic rings. The predicted molar refractivity (Wildman–Crippen MR) is 105 cm³/mol. The van der Waals surface area contributed by atoms with Crippen LogP contribution in [0.5, 0.6) is 0 Å². The highest BCUT2D eigenvalue weighted by molar-refractivity contribution is 6.03. The van der Waals surface area contributed by atoms with Gasteiger partial charge in [0.25, 0.3) is 5.69 Å². The number of fused-ring (bicyclic) bond motifs is 1. The van der Waals surface area contributed by atoms with E-state index >= 15 is 0 Å². The van der Waals surface area contributed by atoms with Crippen molar-refractivity contribution in [2.24, 2.45) is 0 Å². The highest BCUT2D eigenvalue weighted by Gasteiger charge is 2.26. The van der Waals surface area contributed by atoms with Crippen molar-refractivity contribution in [2.75, 3.05) is 16.8 Å². The van der Waals surface area contributed by atoms with Gasteiger partial charge in [0.1, 0.15) is 11.4 Å². The molecule has 0 aliphatic carbocycles. The summed E-state index contributed by atoms with van der Waals surface area (Å²) in [5.74, 6) is -0.940. The molecule has 0 radical (unpaired) electrons. The monoisotopic (exact) mass is 401 g/mol. The van der Waals surface area contributed by atoms with Gasteiger partial charge in [0, 0.05) is 29.9 Å². The number of Topliss-reactive ketones (excluding diaryl/α,β-unsaturated/α-hetero) is 1. The fourth-order valence-electron chi connectivity index (χ4n) is 3.00. The van der Waals surface area contributed by atoms with E-state index in [1.807, 2.05) is 0 Å². The molecule has 0 fully saturated rings. The topological polar surface area (TPSA) is 102 Å². The molecule has 1 aliphatic heterocycles. The van der Waals surface area contributed by atoms with Gasteiger partial charge >= 0.3 is 6.09 Å². The van der Waals surface area contributed by atoms with Gasteiger partial charge in [-0.2, -0.15) is 0 Å². The second-order valence-corrected chi connectivity index (χ2v) is 7.67. The SMILES string of the molecule is CC(C)(C)OC(=O)Nc1cc2c(cc1F)CN(c1ccc([N+](=O)[O-])cc1)CC2=O. The first-order chi connectivity index (χ1) is 13.5. The third-order valence-corrected chi connectivity index (χ3v) is 4.25. The lowest BCUT2D eigenvalue weighted by atomic mass is 9.97. The quantitative estimate of drug-likeness (QED) is 0.608. The first-order valence-electron chi connectivity index (χ1n) is 8.88. The van der Waals surface area contributed by atoms with Crippen LogP contribution in [0.2, 0.25) is 0 Å². The fraction of sp³-hybridized carbons (Fsp3) is 0.300. The van der Waals surface area contributed by atoms with Crippen LogP contribution in [0.4, 0.5) is 26.2 Å². The van der Waals surface area contributed by atoms with E-state index in [1.165, 1.54) is 24.3 Å². The number of amides is 1. The summed E-state index contributed by atoms with van der Waals surface area (Å²) in [5, 5.41) is 13.1. The Morgan fingerprint density at radius 3 is 2.45 bits per heavy atom. The smallest absolute Gasteiger partial charge is 0.412 e. The average molecular weight is 401 g/mol. The summed E-state index contributed by atoms with van der Waals surface area (Å²) < 4.78 is 19.6. The van der Waals surface area contributed by atoms with Crippen molar-refractivity contribution in [3.8, 4) is 0 Å². The summed E-state index contributed by atoms with van der Waals surface area (Å²) in [4.78, 5) is 36.5. The molecule has 0 atom stereocenters. The number of hydrogen-bond acceptors (Lipinski definition) is 6. The standard InChI is InChI=1S/C20H20FN3O5/c1-20(2,3)29-19(26)22-17-9-15-12(8-16(17)21)10-23(11-18(15)25)13-4-6-14(7-5-13)24(27)28/h4-9H,10-11H2,1-3H3,(H,22,26). The Morgan fingerprint density at radius 1 is 1.21 bits per heavy atom. The van der Waals surface area contributed by atoms with E-state index in [1.54, 1.807) is 37.8 Å². The van der Waals surface area contributed by atoms with E-state index in [4.69, 9.17) is 4.74 Å². The van der Waals surface area contributed by atoms with Gasteiger partial charge in [0.05, 0.1) is 17.2 Å². The second kappa shape index (κ2) is 7.50. The molecule has 1 N–H and O–H groups in total. The number of halogens is 1. The molecule has 0 saturated carbocycles. The number of ether oxygens (including phenoxy) is 1. The molecule has 0 saturated heterocycles. The van der Waals surface area contributed by atoms with Crippen LogP contribution in [0.25, 0.3) is 0 Å². The Balaban J connectivity index is 1.82. The van der Waals surface area contributed by atoms with Crippen LogP contribution in [0.3, 0.4) is 0 Å².